The molecular weight excluding hydrogens is 508 g/mol. The van der Waals surface area contributed by atoms with Gasteiger partial charge in [0, 0.05) is 57.6 Å². The number of halogens is 1. The maximum Gasteiger partial charge on any atom is 0.415 e. The van der Waals surface area contributed by atoms with Gasteiger partial charge in [0.25, 0.3) is 5.91 Å². The predicted molar refractivity (Wildman–Crippen MR) is 144 cm³/mol. The van der Waals surface area contributed by atoms with Crippen molar-refractivity contribution in [2.75, 3.05) is 62.7 Å². The topological polar surface area (TPSA) is 100 Å². The van der Waals surface area contributed by atoms with Crippen LogP contribution in [0.15, 0.2) is 60.9 Å². The van der Waals surface area contributed by atoms with Crippen LogP contribution in [0.3, 0.4) is 0 Å². The third-order valence-electron chi connectivity index (χ3n) is 6.48. The number of rotatable bonds is 6. The van der Waals surface area contributed by atoms with Crippen molar-refractivity contribution in [3.63, 3.8) is 0 Å². The van der Waals surface area contributed by atoms with E-state index in [9.17, 15) is 9.59 Å². The standard InChI is InChI=1S/C27H29ClN6O4/c28-22-5-8-25(30-17-22)33-9-11-34(12-10-33)27(36)38-23-6-7-24(29-18-23)31-26(35)21-3-1-20(2-4-21)19-32-13-15-37-16-14-32/h1-8,17-18H,9-16,19H2,(H,29,31,35). The molecule has 0 bridgehead atoms. The van der Waals surface area contributed by atoms with E-state index in [1.807, 2.05) is 30.3 Å². The molecule has 0 unspecified atom stereocenters. The molecule has 1 aromatic carbocycles. The number of hydrogen-bond acceptors (Lipinski definition) is 8. The molecule has 2 amide bonds. The van der Waals surface area contributed by atoms with Crippen molar-refractivity contribution in [3.8, 4) is 5.75 Å². The first kappa shape index (κ1) is 25.9. The van der Waals surface area contributed by atoms with E-state index in [0.29, 0.717) is 48.3 Å². The van der Waals surface area contributed by atoms with Gasteiger partial charge in [-0.1, -0.05) is 23.7 Å². The van der Waals surface area contributed by atoms with E-state index in [2.05, 4.69) is 25.1 Å². The van der Waals surface area contributed by atoms with Gasteiger partial charge in [0.2, 0.25) is 0 Å². The molecule has 10 nitrogen and oxygen atoms in total. The SMILES string of the molecule is O=C(Nc1ccc(OC(=O)N2CCN(c3ccc(Cl)cn3)CC2)cn1)c1ccc(CN2CCOCC2)cc1. The molecule has 38 heavy (non-hydrogen) atoms. The van der Waals surface area contributed by atoms with E-state index in [0.717, 1.165) is 44.2 Å². The molecule has 198 valence electrons. The Morgan fingerprint density at radius 3 is 2.32 bits per heavy atom. The van der Waals surface area contributed by atoms with Gasteiger partial charge in [0.15, 0.2) is 5.75 Å². The summed E-state index contributed by atoms with van der Waals surface area (Å²) in [5.74, 6) is 1.25. The fourth-order valence-corrected chi connectivity index (χ4v) is 4.43. The first-order valence-electron chi connectivity index (χ1n) is 12.5. The number of carbonyl (C=O) groups excluding carboxylic acids is 2. The van der Waals surface area contributed by atoms with Crippen molar-refractivity contribution in [1.82, 2.24) is 19.8 Å². The van der Waals surface area contributed by atoms with Gasteiger partial charge in [-0.2, -0.15) is 0 Å². The normalized spacial score (nSPS) is 16.2. The third kappa shape index (κ3) is 6.77. The largest absolute Gasteiger partial charge is 0.415 e. The van der Waals surface area contributed by atoms with E-state index in [1.165, 1.54) is 6.20 Å². The van der Waals surface area contributed by atoms with E-state index in [4.69, 9.17) is 21.1 Å². The Bertz CT molecular complexity index is 1230. The van der Waals surface area contributed by atoms with Crippen LogP contribution in [-0.2, 0) is 11.3 Å². The highest BCUT2D eigenvalue weighted by Gasteiger charge is 2.23. The van der Waals surface area contributed by atoms with Crippen molar-refractivity contribution in [1.29, 1.82) is 0 Å². The molecule has 0 saturated carbocycles. The zero-order valence-electron chi connectivity index (χ0n) is 20.9. The molecule has 0 radical (unpaired) electrons. The van der Waals surface area contributed by atoms with Gasteiger partial charge in [-0.3, -0.25) is 9.69 Å². The van der Waals surface area contributed by atoms with Crippen molar-refractivity contribution in [2.45, 2.75) is 6.54 Å². The van der Waals surface area contributed by atoms with E-state index in [-0.39, 0.29) is 5.91 Å². The van der Waals surface area contributed by atoms with Gasteiger partial charge in [0.05, 0.1) is 24.4 Å². The van der Waals surface area contributed by atoms with Crippen molar-refractivity contribution < 1.29 is 19.1 Å². The van der Waals surface area contributed by atoms with E-state index >= 15 is 0 Å². The summed E-state index contributed by atoms with van der Waals surface area (Å²) in [6.07, 6.45) is 2.59. The van der Waals surface area contributed by atoms with Crippen molar-refractivity contribution in [2.24, 2.45) is 0 Å². The summed E-state index contributed by atoms with van der Waals surface area (Å²) < 4.78 is 10.9. The average Bonchev–Trinajstić information content (AvgIpc) is 2.95. The molecular formula is C27H29ClN6O4. The lowest BCUT2D eigenvalue weighted by Crippen LogP contribution is -2.49. The summed E-state index contributed by atoms with van der Waals surface area (Å²) in [5.41, 5.74) is 1.69. The number of hydrogen-bond donors (Lipinski definition) is 1. The minimum absolute atomic E-state index is 0.256. The number of nitrogens with zero attached hydrogens (tertiary/aromatic N) is 5. The van der Waals surface area contributed by atoms with Gasteiger partial charge in [0.1, 0.15) is 11.6 Å². The minimum Gasteiger partial charge on any atom is -0.409 e. The Morgan fingerprint density at radius 1 is 0.895 bits per heavy atom. The summed E-state index contributed by atoms with van der Waals surface area (Å²) in [7, 11) is 0. The first-order chi connectivity index (χ1) is 18.5. The van der Waals surface area contributed by atoms with Crippen LogP contribution in [0, 0.1) is 0 Å². The highest BCUT2D eigenvalue weighted by molar-refractivity contribution is 6.30. The predicted octanol–water partition coefficient (Wildman–Crippen LogP) is 3.54. The van der Waals surface area contributed by atoms with E-state index in [1.54, 1.807) is 29.3 Å². The molecule has 2 saturated heterocycles. The van der Waals surface area contributed by atoms with Crippen LogP contribution in [0.4, 0.5) is 16.4 Å². The van der Waals surface area contributed by atoms with Gasteiger partial charge in [-0.25, -0.2) is 14.8 Å². The zero-order valence-corrected chi connectivity index (χ0v) is 21.6. The zero-order chi connectivity index (χ0) is 26.3. The number of benzene rings is 1. The van der Waals surface area contributed by atoms with Crippen LogP contribution in [0.1, 0.15) is 15.9 Å². The molecule has 2 fully saturated rings. The second-order valence-electron chi connectivity index (χ2n) is 9.10. The van der Waals surface area contributed by atoms with Crippen molar-refractivity contribution in [3.05, 3.63) is 77.1 Å². The van der Waals surface area contributed by atoms with Crippen LogP contribution >= 0.6 is 11.6 Å². The molecule has 5 rings (SSSR count). The molecule has 2 aliphatic rings. The average molecular weight is 537 g/mol. The molecule has 2 aromatic heterocycles. The van der Waals surface area contributed by atoms with Gasteiger partial charge in [-0.15, -0.1) is 0 Å². The second kappa shape index (κ2) is 12.2. The van der Waals surface area contributed by atoms with Gasteiger partial charge in [-0.05, 0) is 42.0 Å². The number of carbonyl (C=O) groups is 2. The number of amides is 2. The van der Waals surface area contributed by atoms with Crippen LogP contribution in [0.25, 0.3) is 0 Å². The second-order valence-corrected chi connectivity index (χ2v) is 9.53. The number of aromatic nitrogens is 2. The molecule has 0 spiro atoms. The molecule has 0 aliphatic carbocycles. The maximum absolute atomic E-state index is 12.6. The molecule has 1 N–H and O–H groups in total. The van der Waals surface area contributed by atoms with Crippen LogP contribution in [-0.4, -0.2) is 84.3 Å². The summed E-state index contributed by atoms with van der Waals surface area (Å²) in [5, 5.41) is 3.37. The molecule has 0 atom stereocenters. The number of pyridine rings is 2. The fraction of sp³-hybridized carbons (Fsp3) is 0.333. The van der Waals surface area contributed by atoms with Crippen molar-refractivity contribution >= 4 is 35.2 Å². The highest BCUT2D eigenvalue weighted by atomic mass is 35.5. The van der Waals surface area contributed by atoms with Gasteiger partial charge >= 0.3 is 6.09 Å². The number of morpholine rings is 1. The van der Waals surface area contributed by atoms with E-state index < -0.39 is 6.09 Å². The number of anilines is 2. The van der Waals surface area contributed by atoms with Crippen LogP contribution in [0.2, 0.25) is 5.02 Å². The lowest BCUT2D eigenvalue weighted by molar-refractivity contribution is 0.0342. The molecule has 2 aliphatic heterocycles. The fourth-order valence-electron chi connectivity index (χ4n) is 4.32. The Hall–Kier alpha value is -3.73. The smallest absolute Gasteiger partial charge is 0.409 e. The Balaban J connectivity index is 1.08. The van der Waals surface area contributed by atoms with Crippen LogP contribution in [0.5, 0.6) is 5.75 Å². The summed E-state index contributed by atoms with van der Waals surface area (Å²) in [6.45, 7) is 6.48. The number of ether oxygens (including phenoxy) is 2. The first-order valence-corrected chi connectivity index (χ1v) is 12.9. The molecule has 11 heteroatoms. The number of nitrogens with one attached hydrogen (secondary N) is 1. The number of piperazine rings is 1. The lowest BCUT2D eigenvalue weighted by Gasteiger charge is -2.34. The monoisotopic (exact) mass is 536 g/mol. The minimum atomic E-state index is -0.440. The Labute approximate surface area is 226 Å². The summed E-state index contributed by atoms with van der Waals surface area (Å²) >= 11 is 5.91. The Morgan fingerprint density at radius 2 is 1.66 bits per heavy atom. The third-order valence-corrected chi connectivity index (χ3v) is 6.71. The van der Waals surface area contributed by atoms with Crippen LogP contribution < -0.4 is 15.0 Å². The maximum atomic E-state index is 12.6. The quantitative estimate of drug-likeness (QED) is 0.511. The molecule has 4 heterocycles. The summed E-state index contributed by atoms with van der Waals surface area (Å²) in [4.78, 5) is 39.9. The highest BCUT2D eigenvalue weighted by Crippen LogP contribution is 2.18. The molecule has 3 aromatic rings. The summed E-state index contributed by atoms with van der Waals surface area (Å²) in [6, 6.07) is 14.4. The Kier molecular flexibility index (Phi) is 8.32. The lowest BCUT2D eigenvalue weighted by atomic mass is 10.1. The van der Waals surface area contributed by atoms with Gasteiger partial charge < -0.3 is 24.6 Å².